The predicted molar refractivity (Wildman–Crippen MR) is 77.1 cm³/mol. The fraction of sp³-hybridized carbons (Fsp3) is 0.133. The first-order valence-electron chi connectivity index (χ1n) is 6.34. The lowest BCUT2D eigenvalue weighted by Crippen LogP contribution is -2.27. The number of benzene rings is 1. The third kappa shape index (κ3) is 3.57. The van der Waals surface area contributed by atoms with Crippen LogP contribution in [0.3, 0.4) is 0 Å². The molecule has 0 saturated carbocycles. The van der Waals surface area contributed by atoms with Gasteiger partial charge in [-0.1, -0.05) is 12.1 Å². The molecule has 1 N–H and O–H groups in total. The number of ether oxygens (including phenoxy) is 1. The van der Waals surface area contributed by atoms with Gasteiger partial charge in [0.2, 0.25) is 5.91 Å². The Kier molecular flexibility index (Phi) is 4.67. The Morgan fingerprint density at radius 3 is 2.68 bits per heavy atom. The summed E-state index contributed by atoms with van der Waals surface area (Å²) in [4.78, 5) is 35.1. The zero-order chi connectivity index (χ0) is 16.1. The van der Waals surface area contributed by atoms with E-state index >= 15 is 0 Å². The predicted octanol–water partition coefficient (Wildman–Crippen LogP) is 1.41. The van der Waals surface area contributed by atoms with E-state index in [1.54, 1.807) is 12.1 Å². The summed E-state index contributed by atoms with van der Waals surface area (Å²) in [6.07, 6.45) is 0.939. The summed E-state index contributed by atoms with van der Waals surface area (Å²) in [5.74, 6) is -1.79. The van der Waals surface area contributed by atoms with E-state index in [0.29, 0.717) is 0 Å². The van der Waals surface area contributed by atoms with Gasteiger partial charge in [0, 0.05) is 12.3 Å². The minimum Gasteiger partial charge on any atom is -0.465 e. The van der Waals surface area contributed by atoms with Gasteiger partial charge < -0.3 is 14.6 Å². The number of esters is 1. The SMILES string of the molecule is COC(=O)c1ccccc1NC(=O)Cn1cc(F)ccc1=O. The Morgan fingerprint density at radius 2 is 1.95 bits per heavy atom. The highest BCUT2D eigenvalue weighted by Gasteiger charge is 2.13. The second-order valence-electron chi connectivity index (χ2n) is 4.40. The minimum absolute atomic E-state index is 0.185. The molecule has 2 aromatic rings. The lowest BCUT2D eigenvalue weighted by molar-refractivity contribution is -0.116. The van der Waals surface area contributed by atoms with E-state index in [-0.39, 0.29) is 17.8 Å². The maximum absolute atomic E-state index is 13.1. The quantitative estimate of drug-likeness (QED) is 0.866. The molecular weight excluding hydrogens is 291 g/mol. The number of aromatic nitrogens is 1. The first-order valence-corrected chi connectivity index (χ1v) is 6.34. The molecule has 0 saturated heterocycles. The van der Waals surface area contributed by atoms with Crippen LogP contribution in [0.15, 0.2) is 47.4 Å². The Labute approximate surface area is 125 Å². The zero-order valence-electron chi connectivity index (χ0n) is 11.7. The highest BCUT2D eigenvalue weighted by Crippen LogP contribution is 2.15. The summed E-state index contributed by atoms with van der Waals surface area (Å²) in [7, 11) is 1.23. The molecule has 7 heteroatoms. The molecule has 0 aliphatic heterocycles. The van der Waals surface area contributed by atoms with Gasteiger partial charge in [-0.25, -0.2) is 9.18 Å². The number of amides is 1. The molecule has 0 atom stereocenters. The Hall–Kier alpha value is -2.96. The Balaban J connectivity index is 2.18. The maximum atomic E-state index is 13.1. The number of nitrogens with one attached hydrogen (secondary N) is 1. The summed E-state index contributed by atoms with van der Waals surface area (Å²) < 4.78 is 18.6. The van der Waals surface area contributed by atoms with Crippen molar-refractivity contribution in [3.8, 4) is 0 Å². The standard InChI is InChI=1S/C15H13FN2O4/c1-22-15(21)11-4-2-3-5-12(11)17-13(19)9-18-8-10(16)6-7-14(18)20/h2-8H,9H2,1H3,(H,17,19). The number of hydrogen-bond donors (Lipinski definition) is 1. The molecule has 1 aromatic heterocycles. The van der Waals surface area contributed by atoms with E-state index in [1.165, 1.54) is 19.2 Å². The van der Waals surface area contributed by atoms with Crippen molar-refractivity contribution in [2.75, 3.05) is 12.4 Å². The zero-order valence-corrected chi connectivity index (χ0v) is 11.7. The lowest BCUT2D eigenvalue weighted by Gasteiger charge is -2.10. The van der Waals surface area contributed by atoms with Crippen LogP contribution in [0.2, 0.25) is 0 Å². The van der Waals surface area contributed by atoms with Crippen molar-refractivity contribution in [1.29, 1.82) is 0 Å². The molecule has 114 valence electrons. The lowest BCUT2D eigenvalue weighted by atomic mass is 10.2. The van der Waals surface area contributed by atoms with Crippen molar-refractivity contribution < 1.29 is 18.7 Å². The second-order valence-corrected chi connectivity index (χ2v) is 4.40. The van der Waals surface area contributed by atoms with Crippen molar-refractivity contribution in [2.45, 2.75) is 6.54 Å². The van der Waals surface area contributed by atoms with Gasteiger partial charge in [0.1, 0.15) is 12.4 Å². The van der Waals surface area contributed by atoms with Gasteiger partial charge in [0.25, 0.3) is 5.56 Å². The molecule has 1 heterocycles. The van der Waals surface area contributed by atoms with Crippen LogP contribution >= 0.6 is 0 Å². The van der Waals surface area contributed by atoms with Crippen molar-refractivity contribution in [3.05, 3.63) is 64.3 Å². The molecule has 0 aliphatic rings. The highest BCUT2D eigenvalue weighted by atomic mass is 19.1. The van der Waals surface area contributed by atoms with Crippen molar-refractivity contribution >= 4 is 17.6 Å². The first-order chi connectivity index (χ1) is 10.5. The Morgan fingerprint density at radius 1 is 1.23 bits per heavy atom. The van der Waals surface area contributed by atoms with E-state index in [2.05, 4.69) is 10.1 Å². The third-order valence-corrected chi connectivity index (χ3v) is 2.87. The smallest absolute Gasteiger partial charge is 0.339 e. The van der Waals surface area contributed by atoms with E-state index in [9.17, 15) is 18.8 Å². The number of carbonyl (C=O) groups excluding carboxylic acids is 2. The molecule has 0 spiro atoms. The number of rotatable bonds is 4. The van der Waals surface area contributed by atoms with Crippen molar-refractivity contribution in [3.63, 3.8) is 0 Å². The van der Waals surface area contributed by atoms with Gasteiger partial charge in [-0.3, -0.25) is 9.59 Å². The van der Waals surface area contributed by atoms with Crippen LogP contribution in [-0.2, 0) is 16.1 Å². The highest BCUT2D eigenvalue weighted by molar-refractivity contribution is 6.01. The number of pyridine rings is 1. The summed E-state index contributed by atoms with van der Waals surface area (Å²) in [5, 5.41) is 2.50. The number of carbonyl (C=O) groups is 2. The van der Waals surface area contributed by atoms with Gasteiger partial charge in [-0.2, -0.15) is 0 Å². The van der Waals surface area contributed by atoms with Crippen LogP contribution in [0.25, 0.3) is 0 Å². The van der Waals surface area contributed by atoms with Gasteiger partial charge in [0.05, 0.1) is 18.4 Å². The molecular formula is C15H13FN2O4. The molecule has 22 heavy (non-hydrogen) atoms. The molecule has 2 rings (SSSR count). The fourth-order valence-electron chi connectivity index (χ4n) is 1.85. The average Bonchev–Trinajstić information content (AvgIpc) is 2.50. The van der Waals surface area contributed by atoms with Crippen LogP contribution in [0.4, 0.5) is 10.1 Å². The molecule has 0 radical (unpaired) electrons. The second kappa shape index (κ2) is 6.66. The van der Waals surface area contributed by atoms with Gasteiger partial charge in [-0.05, 0) is 18.2 Å². The molecule has 6 nitrogen and oxygen atoms in total. The number of anilines is 1. The summed E-state index contributed by atoms with van der Waals surface area (Å²) >= 11 is 0. The van der Waals surface area contributed by atoms with E-state index in [4.69, 9.17) is 0 Å². The van der Waals surface area contributed by atoms with Crippen LogP contribution in [0, 0.1) is 5.82 Å². The minimum atomic E-state index is -0.623. The number of para-hydroxylation sites is 1. The van der Waals surface area contributed by atoms with Gasteiger partial charge in [-0.15, -0.1) is 0 Å². The summed E-state index contributed by atoms with van der Waals surface area (Å²) in [6.45, 7) is -0.369. The molecule has 0 unspecified atom stereocenters. The largest absolute Gasteiger partial charge is 0.465 e. The molecule has 1 amide bonds. The molecule has 0 aliphatic carbocycles. The molecule has 0 fully saturated rings. The summed E-state index contributed by atoms with van der Waals surface area (Å²) in [6, 6.07) is 8.33. The first kappa shape index (κ1) is 15.4. The van der Waals surface area contributed by atoms with Gasteiger partial charge in [0.15, 0.2) is 0 Å². The van der Waals surface area contributed by atoms with Crippen LogP contribution in [0.1, 0.15) is 10.4 Å². The normalized spacial score (nSPS) is 10.1. The van der Waals surface area contributed by atoms with Crippen molar-refractivity contribution in [2.24, 2.45) is 0 Å². The number of halogens is 1. The van der Waals surface area contributed by atoms with E-state index in [1.807, 2.05) is 0 Å². The van der Waals surface area contributed by atoms with E-state index < -0.39 is 23.3 Å². The Bertz CT molecular complexity index is 770. The monoisotopic (exact) mass is 304 g/mol. The molecule has 1 aromatic carbocycles. The topological polar surface area (TPSA) is 77.4 Å². The molecule has 0 bridgehead atoms. The van der Waals surface area contributed by atoms with Crippen LogP contribution < -0.4 is 10.9 Å². The average molecular weight is 304 g/mol. The third-order valence-electron chi connectivity index (χ3n) is 2.87. The van der Waals surface area contributed by atoms with Crippen LogP contribution in [-0.4, -0.2) is 23.6 Å². The maximum Gasteiger partial charge on any atom is 0.339 e. The number of methoxy groups -OCH3 is 1. The number of nitrogens with zero attached hydrogens (tertiary/aromatic N) is 1. The van der Waals surface area contributed by atoms with E-state index in [0.717, 1.165) is 22.9 Å². The summed E-state index contributed by atoms with van der Waals surface area (Å²) in [5.41, 5.74) is -0.0634. The van der Waals surface area contributed by atoms with Gasteiger partial charge >= 0.3 is 5.97 Å². The number of hydrogen-bond acceptors (Lipinski definition) is 4. The van der Waals surface area contributed by atoms with Crippen molar-refractivity contribution in [1.82, 2.24) is 4.57 Å². The fourth-order valence-corrected chi connectivity index (χ4v) is 1.85. The van der Waals surface area contributed by atoms with Crippen LogP contribution in [0.5, 0.6) is 0 Å².